The topological polar surface area (TPSA) is 26.3 Å². The van der Waals surface area contributed by atoms with E-state index in [2.05, 4.69) is 6.92 Å². The Bertz CT molecular complexity index is 381. The summed E-state index contributed by atoms with van der Waals surface area (Å²) >= 11 is 0. The Morgan fingerprint density at radius 2 is 1.52 bits per heavy atom. The molecule has 0 heterocycles. The molecule has 0 aromatic heterocycles. The summed E-state index contributed by atoms with van der Waals surface area (Å²) in [5.74, 6) is 1.27. The number of unbranched alkanes of at least 4 members (excludes halogenated alkanes) is 6. The van der Waals surface area contributed by atoms with Crippen molar-refractivity contribution in [3.05, 3.63) is 29.8 Å². The van der Waals surface area contributed by atoms with Gasteiger partial charge in [-0.15, -0.1) is 0 Å². The largest absolute Gasteiger partial charge is 0.497 e. The van der Waals surface area contributed by atoms with Gasteiger partial charge in [0.25, 0.3) is 0 Å². The number of benzene rings is 1. The van der Waals surface area contributed by atoms with Crippen molar-refractivity contribution in [2.75, 3.05) is 7.11 Å². The first kappa shape index (κ1) is 17.7. The van der Waals surface area contributed by atoms with E-state index < -0.39 is 0 Å². The summed E-state index contributed by atoms with van der Waals surface area (Å²) in [4.78, 5) is 11.8. The number of Topliss-reactive ketones (excluding diaryl/α,β-unsaturated/α-hetero) is 1. The average molecular weight is 290 g/mol. The van der Waals surface area contributed by atoms with Crippen molar-refractivity contribution >= 4 is 5.78 Å². The van der Waals surface area contributed by atoms with Crippen LogP contribution in [0, 0.1) is 0 Å². The zero-order valence-electron chi connectivity index (χ0n) is 13.7. The number of hydrogen-bond acceptors (Lipinski definition) is 2. The molecule has 2 heteroatoms. The third kappa shape index (κ3) is 8.54. The molecule has 0 saturated heterocycles. The molecule has 0 bridgehead atoms. The lowest BCUT2D eigenvalue weighted by atomic mass is 10.0. The Morgan fingerprint density at radius 3 is 2.14 bits per heavy atom. The standard InChI is InChI=1S/C19H30O2/c1-3-4-5-6-7-8-9-10-18(20)14-11-17-12-15-19(21-2)16-13-17/h12-13,15-16H,3-11,14H2,1-2H3. The van der Waals surface area contributed by atoms with Crippen molar-refractivity contribution < 1.29 is 9.53 Å². The van der Waals surface area contributed by atoms with Crippen LogP contribution in [-0.4, -0.2) is 12.9 Å². The number of carbonyl (C=O) groups excluding carboxylic acids is 1. The summed E-state index contributed by atoms with van der Waals surface area (Å²) in [5.41, 5.74) is 1.21. The minimum absolute atomic E-state index is 0.402. The Hall–Kier alpha value is -1.31. The van der Waals surface area contributed by atoms with Gasteiger partial charge < -0.3 is 4.74 Å². The summed E-state index contributed by atoms with van der Waals surface area (Å²) in [5, 5.41) is 0. The SMILES string of the molecule is CCCCCCCCCC(=O)CCc1ccc(OC)cc1. The highest BCUT2D eigenvalue weighted by Crippen LogP contribution is 2.14. The molecule has 118 valence electrons. The van der Waals surface area contributed by atoms with Gasteiger partial charge in [0.05, 0.1) is 7.11 Å². The predicted octanol–water partition coefficient (Wildman–Crippen LogP) is 5.34. The van der Waals surface area contributed by atoms with E-state index in [0.29, 0.717) is 12.2 Å². The fourth-order valence-corrected chi connectivity index (χ4v) is 2.48. The molecule has 1 rings (SSSR count). The predicted molar refractivity (Wildman–Crippen MR) is 88.9 cm³/mol. The first-order valence-corrected chi connectivity index (χ1v) is 8.41. The van der Waals surface area contributed by atoms with Gasteiger partial charge in [0.15, 0.2) is 0 Å². The van der Waals surface area contributed by atoms with Crippen molar-refractivity contribution in [1.29, 1.82) is 0 Å². The van der Waals surface area contributed by atoms with Crippen LogP contribution >= 0.6 is 0 Å². The number of rotatable bonds is 12. The van der Waals surface area contributed by atoms with E-state index in [1.165, 1.54) is 44.1 Å². The highest BCUT2D eigenvalue weighted by atomic mass is 16.5. The van der Waals surface area contributed by atoms with E-state index in [9.17, 15) is 4.79 Å². The van der Waals surface area contributed by atoms with Crippen molar-refractivity contribution in [1.82, 2.24) is 0 Å². The zero-order chi connectivity index (χ0) is 15.3. The minimum atomic E-state index is 0.402. The van der Waals surface area contributed by atoms with Crippen LogP contribution in [-0.2, 0) is 11.2 Å². The molecule has 2 nitrogen and oxygen atoms in total. The molecule has 0 atom stereocenters. The normalized spacial score (nSPS) is 10.6. The molecular weight excluding hydrogens is 260 g/mol. The van der Waals surface area contributed by atoms with Gasteiger partial charge in [-0.2, -0.15) is 0 Å². The highest BCUT2D eigenvalue weighted by Gasteiger charge is 2.03. The van der Waals surface area contributed by atoms with Gasteiger partial charge >= 0.3 is 0 Å². The molecule has 0 aliphatic carbocycles. The van der Waals surface area contributed by atoms with Gasteiger partial charge in [-0.1, -0.05) is 57.6 Å². The molecule has 21 heavy (non-hydrogen) atoms. The lowest BCUT2D eigenvalue weighted by molar-refractivity contribution is -0.119. The van der Waals surface area contributed by atoms with E-state index in [1.54, 1.807) is 7.11 Å². The number of methoxy groups -OCH3 is 1. The first-order chi connectivity index (χ1) is 10.3. The van der Waals surface area contributed by atoms with Gasteiger partial charge in [0, 0.05) is 12.8 Å². The van der Waals surface area contributed by atoms with Crippen LogP contribution in [0.3, 0.4) is 0 Å². The molecule has 0 saturated carbocycles. The lowest BCUT2D eigenvalue weighted by Gasteiger charge is -2.04. The van der Waals surface area contributed by atoms with E-state index in [1.807, 2.05) is 24.3 Å². The molecule has 1 aromatic rings. The zero-order valence-corrected chi connectivity index (χ0v) is 13.7. The Balaban J connectivity index is 2.05. The molecule has 0 aliphatic heterocycles. The van der Waals surface area contributed by atoms with Crippen LogP contribution < -0.4 is 4.74 Å². The Kier molecular flexibility index (Phi) is 9.60. The van der Waals surface area contributed by atoms with E-state index in [4.69, 9.17) is 4.74 Å². The second kappa shape index (κ2) is 11.4. The summed E-state index contributed by atoms with van der Waals surface area (Å²) in [6, 6.07) is 7.99. The van der Waals surface area contributed by atoms with E-state index in [-0.39, 0.29) is 0 Å². The molecule has 0 N–H and O–H groups in total. The third-order valence-electron chi connectivity index (χ3n) is 3.91. The summed E-state index contributed by atoms with van der Waals surface area (Å²) < 4.78 is 5.13. The lowest BCUT2D eigenvalue weighted by Crippen LogP contribution is -2.00. The molecule has 0 fully saturated rings. The van der Waals surface area contributed by atoms with Crippen LogP contribution in [0.4, 0.5) is 0 Å². The van der Waals surface area contributed by atoms with Crippen molar-refractivity contribution in [3.63, 3.8) is 0 Å². The number of aryl methyl sites for hydroxylation is 1. The number of ether oxygens (including phenoxy) is 1. The molecule has 0 radical (unpaired) electrons. The quantitative estimate of drug-likeness (QED) is 0.486. The van der Waals surface area contributed by atoms with Crippen LogP contribution in [0.2, 0.25) is 0 Å². The number of hydrogen-bond donors (Lipinski definition) is 0. The van der Waals surface area contributed by atoms with Gasteiger partial charge in [-0.3, -0.25) is 4.79 Å². The van der Waals surface area contributed by atoms with Crippen molar-refractivity contribution in [2.24, 2.45) is 0 Å². The summed E-state index contributed by atoms with van der Waals surface area (Å²) in [6.07, 6.45) is 11.1. The van der Waals surface area contributed by atoms with Gasteiger partial charge in [0.1, 0.15) is 11.5 Å². The second-order valence-electron chi connectivity index (χ2n) is 5.76. The maximum absolute atomic E-state index is 11.8. The van der Waals surface area contributed by atoms with Gasteiger partial charge in [-0.05, 0) is 30.5 Å². The van der Waals surface area contributed by atoms with Gasteiger partial charge in [-0.25, -0.2) is 0 Å². The Labute approximate surface area is 129 Å². The maximum Gasteiger partial charge on any atom is 0.133 e. The average Bonchev–Trinajstić information content (AvgIpc) is 2.52. The second-order valence-corrected chi connectivity index (χ2v) is 5.76. The third-order valence-corrected chi connectivity index (χ3v) is 3.91. The van der Waals surface area contributed by atoms with Crippen molar-refractivity contribution in [2.45, 2.75) is 71.1 Å². The monoisotopic (exact) mass is 290 g/mol. The fourth-order valence-electron chi connectivity index (χ4n) is 2.48. The number of ketones is 1. The van der Waals surface area contributed by atoms with E-state index >= 15 is 0 Å². The molecule has 0 amide bonds. The molecule has 0 unspecified atom stereocenters. The fraction of sp³-hybridized carbons (Fsp3) is 0.632. The Morgan fingerprint density at radius 1 is 0.905 bits per heavy atom. The summed E-state index contributed by atoms with van der Waals surface area (Å²) in [7, 11) is 1.67. The van der Waals surface area contributed by atoms with Gasteiger partial charge in [0.2, 0.25) is 0 Å². The minimum Gasteiger partial charge on any atom is -0.497 e. The van der Waals surface area contributed by atoms with Crippen molar-refractivity contribution in [3.8, 4) is 5.75 Å². The molecular formula is C19H30O2. The summed E-state index contributed by atoms with van der Waals surface area (Å²) in [6.45, 7) is 2.24. The van der Waals surface area contributed by atoms with E-state index in [0.717, 1.165) is 25.0 Å². The van der Waals surface area contributed by atoms with Crippen LogP contribution in [0.25, 0.3) is 0 Å². The smallest absolute Gasteiger partial charge is 0.133 e. The maximum atomic E-state index is 11.8. The first-order valence-electron chi connectivity index (χ1n) is 8.41. The highest BCUT2D eigenvalue weighted by molar-refractivity contribution is 5.78. The molecule has 1 aromatic carbocycles. The van der Waals surface area contributed by atoms with Crippen LogP contribution in [0.1, 0.15) is 70.3 Å². The number of carbonyl (C=O) groups is 1. The van der Waals surface area contributed by atoms with Crippen LogP contribution in [0.15, 0.2) is 24.3 Å². The molecule has 0 aliphatic rings. The molecule has 0 spiro atoms. The van der Waals surface area contributed by atoms with Crippen LogP contribution in [0.5, 0.6) is 5.75 Å².